The first-order valence-electron chi connectivity index (χ1n) is 11.5. The molecule has 14 heteroatoms. The van der Waals surface area contributed by atoms with Crippen LogP contribution >= 0.6 is 0 Å². The molecule has 1 atom stereocenters. The highest BCUT2D eigenvalue weighted by Gasteiger charge is 2.41. The Balaban J connectivity index is 1.79. The largest absolute Gasteiger partial charge is 0.573 e. The topological polar surface area (TPSA) is 96.0 Å². The zero-order valence-electron chi connectivity index (χ0n) is 20.5. The first kappa shape index (κ1) is 29.3. The van der Waals surface area contributed by atoms with E-state index in [1.807, 2.05) is 0 Å². The number of ether oxygens (including phenoxy) is 1. The average molecular weight is 564 g/mol. The van der Waals surface area contributed by atoms with E-state index in [0.717, 1.165) is 28.6 Å². The fraction of sp³-hybridized carbons (Fsp3) is 0.417. The van der Waals surface area contributed by atoms with Crippen LogP contribution in [0.5, 0.6) is 5.75 Å². The maximum Gasteiger partial charge on any atom is 0.573 e. The second-order valence-electron chi connectivity index (χ2n) is 8.59. The van der Waals surface area contributed by atoms with Crippen molar-refractivity contribution in [3.8, 4) is 5.75 Å². The van der Waals surface area contributed by atoms with Crippen molar-refractivity contribution in [2.45, 2.75) is 50.0 Å². The lowest BCUT2D eigenvalue weighted by molar-refractivity contribution is -0.274. The summed E-state index contributed by atoms with van der Waals surface area (Å²) in [5.74, 6) is -4.72. The molecule has 0 aromatic heterocycles. The van der Waals surface area contributed by atoms with Crippen molar-refractivity contribution in [2.24, 2.45) is 0 Å². The van der Waals surface area contributed by atoms with E-state index >= 15 is 0 Å². The van der Waals surface area contributed by atoms with E-state index in [-0.39, 0.29) is 49.0 Å². The number of carbonyl (C=O) groups excluding carboxylic acids is 2. The molecule has 3 rings (SSSR count). The lowest BCUT2D eigenvalue weighted by atomic mass is 10.0. The first-order chi connectivity index (χ1) is 17.6. The van der Waals surface area contributed by atoms with Gasteiger partial charge in [-0.05, 0) is 29.8 Å². The number of amides is 2. The molecule has 0 saturated carbocycles. The van der Waals surface area contributed by atoms with Crippen molar-refractivity contribution in [2.75, 3.05) is 19.6 Å². The minimum absolute atomic E-state index is 0.000708. The van der Waals surface area contributed by atoms with Gasteiger partial charge in [0.25, 0.3) is 5.92 Å². The number of hydrogen-bond acceptors (Lipinski definition) is 5. The Morgan fingerprint density at radius 2 is 1.61 bits per heavy atom. The highest BCUT2D eigenvalue weighted by Crippen LogP contribution is 2.31. The van der Waals surface area contributed by atoms with Crippen LogP contribution in [0.25, 0.3) is 0 Å². The van der Waals surface area contributed by atoms with Crippen molar-refractivity contribution < 1.29 is 44.7 Å². The number of benzene rings is 2. The molecule has 0 radical (unpaired) electrons. The van der Waals surface area contributed by atoms with E-state index in [9.17, 15) is 40.0 Å². The lowest BCUT2D eigenvalue weighted by Crippen LogP contribution is -2.61. The molecule has 0 spiro atoms. The summed E-state index contributed by atoms with van der Waals surface area (Å²) in [6.45, 7) is 2.05. The third-order valence-corrected chi connectivity index (χ3v) is 7.95. The van der Waals surface area contributed by atoms with Crippen LogP contribution in [0.4, 0.5) is 22.0 Å². The van der Waals surface area contributed by atoms with E-state index in [1.165, 1.54) is 43.0 Å². The van der Waals surface area contributed by atoms with Gasteiger partial charge in [-0.15, -0.1) is 13.2 Å². The summed E-state index contributed by atoms with van der Waals surface area (Å²) >= 11 is 0. The molecule has 8 nitrogen and oxygen atoms in total. The molecule has 1 fully saturated rings. The van der Waals surface area contributed by atoms with E-state index in [1.54, 1.807) is 0 Å². The van der Waals surface area contributed by atoms with Gasteiger partial charge in [-0.25, -0.2) is 17.2 Å². The molecule has 1 aliphatic rings. The predicted octanol–water partition coefficient (Wildman–Crippen LogP) is 3.62. The van der Waals surface area contributed by atoms with Crippen LogP contribution < -0.4 is 10.1 Å². The number of alkyl halides is 5. The summed E-state index contributed by atoms with van der Waals surface area (Å²) in [5.41, 5.74) is 0.311. The summed E-state index contributed by atoms with van der Waals surface area (Å²) in [5, 5.41) is 2.57. The van der Waals surface area contributed by atoms with E-state index in [2.05, 4.69) is 10.1 Å². The standard InChI is InChI=1S/C24H26F5N3O5S/c1-3-23(25,26)18-6-4-17(5-7-18)14-30-22(34)21-15-31(16(2)33)12-13-32(21)38(35,36)20-10-8-19(9-11-20)37-24(27,28)29/h4-11,21H,3,12-15H2,1-2H3,(H,30,34)/t21-/m1/s1. The minimum Gasteiger partial charge on any atom is -0.406 e. The monoisotopic (exact) mass is 563 g/mol. The predicted molar refractivity (Wildman–Crippen MR) is 126 cm³/mol. The van der Waals surface area contributed by atoms with Gasteiger partial charge in [-0.3, -0.25) is 9.59 Å². The second-order valence-corrected chi connectivity index (χ2v) is 10.5. The quantitative estimate of drug-likeness (QED) is 0.495. The number of nitrogens with zero attached hydrogens (tertiary/aromatic N) is 2. The van der Waals surface area contributed by atoms with Gasteiger partial charge in [0.1, 0.15) is 11.8 Å². The van der Waals surface area contributed by atoms with Crippen LogP contribution in [0.2, 0.25) is 0 Å². The summed E-state index contributed by atoms with van der Waals surface area (Å²) in [6, 6.07) is 7.51. The Kier molecular flexibility index (Phi) is 8.66. The van der Waals surface area contributed by atoms with Crippen molar-refractivity contribution >= 4 is 21.8 Å². The summed E-state index contributed by atoms with van der Waals surface area (Å²) in [4.78, 5) is 25.9. The number of rotatable bonds is 8. The maximum absolute atomic E-state index is 13.8. The number of halogens is 5. The van der Waals surface area contributed by atoms with E-state index < -0.39 is 40.0 Å². The zero-order valence-corrected chi connectivity index (χ0v) is 21.3. The van der Waals surface area contributed by atoms with Gasteiger partial charge >= 0.3 is 6.36 Å². The van der Waals surface area contributed by atoms with Gasteiger partial charge in [-0.2, -0.15) is 4.31 Å². The molecule has 2 aromatic rings. The molecule has 1 saturated heterocycles. The average Bonchev–Trinajstić information content (AvgIpc) is 2.86. The zero-order chi connectivity index (χ0) is 28.3. The van der Waals surface area contributed by atoms with Crippen LogP contribution in [0, 0.1) is 0 Å². The molecule has 1 N–H and O–H groups in total. The number of carbonyl (C=O) groups is 2. The number of sulfonamides is 1. The highest BCUT2D eigenvalue weighted by molar-refractivity contribution is 7.89. The Morgan fingerprint density at radius 3 is 2.13 bits per heavy atom. The van der Waals surface area contributed by atoms with Gasteiger partial charge in [0.2, 0.25) is 21.8 Å². The van der Waals surface area contributed by atoms with Crippen LogP contribution in [-0.4, -0.2) is 61.5 Å². The van der Waals surface area contributed by atoms with Crippen molar-refractivity contribution in [1.29, 1.82) is 0 Å². The van der Waals surface area contributed by atoms with Crippen LogP contribution in [-0.2, 0) is 32.1 Å². The van der Waals surface area contributed by atoms with Gasteiger partial charge in [0.05, 0.1) is 4.90 Å². The molecular weight excluding hydrogens is 537 g/mol. The smallest absolute Gasteiger partial charge is 0.406 e. The lowest BCUT2D eigenvalue weighted by Gasteiger charge is -2.39. The van der Waals surface area contributed by atoms with Crippen LogP contribution in [0.1, 0.15) is 31.4 Å². The SMILES string of the molecule is CCC(F)(F)c1ccc(CNC(=O)[C@H]2CN(C(C)=O)CCN2S(=O)(=O)c2ccc(OC(F)(F)F)cc2)cc1. The molecule has 0 aliphatic carbocycles. The second kappa shape index (κ2) is 11.2. The summed E-state index contributed by atoms with van der Waals surface area (Å²) in [6.07, 6.45) is -5.33. The molecule has 1 aliphatic heterocycles. The maximum atomic E-state index is 13.8. The van der Waals surface area contributed by atoms with Gasteiger partial charge < -0.3 is 15.0 Å². The van der Waals surface area contributed by atoms with Crippen LogP contribution in [0.15, 0.2) is 53.4 Å². The van der Waals surface area contributed by atoms with Gasteiger partial charge in [0.15, 0.2) is 0 Å². The summed E-state index contributed by atoms with van der Waals surface area (Å²) < 4.78 is 96.3. The van der Waals surface area contributed by atoms with E-state index in [0.29, 0.717) is 5.56 Å². The Bertz CT molecular complexity index is 1250. The van der Waals surface area contributed by atoms with Crippen molar-refractivity contribution in [3.05, 3.63) is 59.7 Å². The number of piperazine rings is 1. The molecule has 1 heterocycles. The Labute approximate surface area is 216 Å². The fourth-order valence-corrected chi connectivity index (χ4v) is 5.45. The molecule has 208 valence electrons. The number of hydrogen-bond donors (Lipinski definition) is 1. The normalized spacial score (nSPS) is 17.2. The van der Waals surface area contributed by atoms with Crippen LogP contribution in [0.3, 0.4) is 0 Å². The third-order valence-electron chi connectivity index (χ3n) is 6.03. The third kappa shape index (κ3) is 6.98. The Morgan fingerprint density at radius 1 is 1.00 bits per heavy atom. The van der Waals surface area contributed by atoms with Gasteiger partial charge in [0, 0.05) is 45.1 Å². The van der Waals surface area contributed by atoms with Crippen molar-refractivity contribution in [1.82, 2.24) is 14.5 Å². The molecule has 0 unspecified atom stereocenters. The molecule has 2 amide bonds. The Hall–Kier alpha value is -3.26. The van der Waals surface area contributed by atoms with E-state index in [4.69, 9.17) is 0 Å². The molecule has 2 aromatic carbocycles. The summed E-state index contributed by atoms with van der Waals surface area (Å²) in [7, 11) is -4.36. The minimum atomic E-state index is -4.95. The number of nitrogens with one attached hydrogen (secondary N) is 1. The first-order valence-corrected chi connectivity index (χ1v) is 13.0. The fourth-order valence-electron chi connectivity index (χ4n) is 3.88. The highest BCUT2D eigenvalue weighted by atomic mass is 32.2. The molecule has 38 heavy (non-hydrogen) atoms. The van der Waals surface area contributed by atoms with Crippen molar-refractivity contribution in [3.63, 3.8) is 0 Å². The molecular formula is C24H26F5N3O5S. The van der Waals surface area contributed by atoms with Gasteiger partial charge in [-0.1, -0.05) is 31.2 Å². The molecule has 0 bridgehead atoms.